The molecule has 0 aromatic heterocycles. The monoisotopic (exact) mass is 371 g/mol. The fraction of sp³-hybridized carbons (Fsp3) is 0.455. The number of rotatable bonds is 5. The molecule has 0 radical (unpaired) electrons. The Labute approximate surface area is 163 Å². The van der Waals surface area contributed by atoms with E-state index in [0.29, 0.717) is 12.1 Å². The van der Waals surface area contributed by atoms with Crippen LogP contribution in [0.15, 0.2) is 60.8 Å². The van der Waals surface area contributed by atoms with Crippen LogP contribution in [-0.2, 0) is 6.42 Å². The second-order valence-electron chi connectivity index (χ2n) is 7.34. The third kappa shape index (κ3) is 4.40. The smallest absolute Gasteiger partial charge is 0.0406 e. The lowest BCUT2D eigenvalue weighted by molar-refractivity contribution is 0.111. The molecular weight excluding hydrogens is 342 g/mol. The molecule has 1 unspecified atom stereocenters. The highest BCUT2D eigenvalue weighted by Gasteiger charge is 2.32. The van der Waals surface area contributed by atoms with E-state index in [4.69, 9.17) is 11.6 Å². The Kier molecular flexibility index (Phi) is 6.58. The van der Waals surface area contributed by atoms with Crippen LogP contribution in [0.25, 0.3) is 0 Å². The molecule has 140 valence electrons. The summed E-state index contributed by atoms with van der Waals surface area (Å²) < 4.78 is 0. The molecule has 0 spiro atoms. The molecule has 1 aromatic rings. The van der Waals surface area contributed by atoms with Gasteiger partial charge in [0, 0.05) is 42.9 Å². The van der Waals surface area contributed by atoms with Crippen LogP contribution in [0.1, 0.15) is 18.4 Å². The van der Waals surface area contributed by atoms with Crippen molar-refractivity contribution in [3.05, 3.63) is 71.4 Å². The average molecular weight is 372 g/mol. The lowest BCUT2D eigenvalue weighted by Crippen LogP contribution is -2.51. The third-order valence-electron chi connectivity index (χ3n) is 5.65. The second kappa shape index (κ2) is 8.90. The highest BCUT2D eigenvalue weighted by Crippen LogP contribution is 2.27. The first kappa shape index (κ1) is 19.2. The number of piperidine rings is 1. The Morgan fingerprint density at radius 2 is 1.85 bits per heavy atom. The van der Waals surface area contributed by atoms with E-state index in [1.165, 1.54) is 29.7 Å². The van der Waals surface area contributed by atoms with Crippen molar-refractivity contribution < 1.29 is 0 Å². The largest absolute Gasteiger partial charge is 0.373 e. The van der Waals surface area contributed by atoms with Crippen molar-refractivity contribution in [2.75, 3.05) is 33.2 Å². The molecule has 1 N–H and O–H groups in total. The number of nitrogens with one attached hydrogen (secondary N) is 1. The molecule has 0 amide bonds. The fourth-order valence-electron chi connectivity index (χ4n) is 4.27. The van der Waals surface area contributed by atoms with Crippen LogP contribution in [0, 0.1) is 0 Å². The standard InChI is InChI=1S/C22H30ClN3/c1-4-18-15-26(20-10-12-24-13-11-20)21(16-25(3)22(18)5-2)14-17-6-8-19(23)9-7-17/h4-9,20-21,24H,1-2,10-16H2,3H3. The number of benzene rings is 1. The summed E-state index contributed by atoms with van der Waals surface area (Å²) >= 11 is 6.08. The fourth-order valence-corrected chi connectivity index (χ4v) is 4.39. The molecule has 1 fully saturated rings. The summed E-state index contributed by atoms with van der Waals surface area (Å²) in [5, 5.41) is 4.29. The molecule has 0 aliphatic carbocycles. The minimum atomic E-state index is 0.455. The van der Waals surface area contributed by atoms with Gasteiger partial charge in [-0.05, 0) is 61.7 Å². The summed E-state index contributed by atoms with van der Waals surface area (Å²) in [7, 11) is 2.17. The lowest BCUT2D eigenvalue weighted by atomic mass is 9.98. The predicted molar refractivity (Wildman–Crippen MR) is 112 cm³/mol. The highest BCUT2D eigenvalue weighted by molar-refractivity contribution is 6.30. The Balaban J connectivity index is 1.89. The van der Waals surface area contributed by atoms with E-state index in [-0.39, 0.29) is 0 Å². The molecule has 4 heteroatoms. The minimum absolute atomic E-state index is 0.455. The van der Waals surface area contributed by atoms with E-state index in [1.54, 1.807) is 0 Å². The number of hydrogen-bond donors (Lipinski definition) is 1. The van der Waals surface area contributed by atoms with E-state index in [1.807, 2.05) is 24.3 Å². The first-order valence-corrected chi connectivity index (χ1v) is 9.90. The van der Waals surface area contributed by atoms with Crippen LogP contribution in [0.5, 0.6) is 0 Å². The topological polar surface area (TPSA) is 18.5 Å². The first-order valence-electron chi connectivity index (χ1n) is 9.52. The number of allylic oxidation sites excluding steroid dienone is 1. The molecule has 26 heavy (non-hydrogen) atoms. The van der Waals surface area contributed by atoms with Crippen LogP contribution < -0.4 is 5.32 Å². The minimum Gasteiger partial charge on any atom is -0.373 e. The SMILES string of the molecule is C=CC1=C(C=C)N(C)CC(Cc2ccc(Cl)cc2)N(C2CCNCC2)C1. The molecule has 2 heterocycles. The van der Waals surface area contributed by atoms with E-state index in [0.717, 1.165) is 37.6 Å². The van der Waals surface area contributed by atoms with Crippen molar-refractivity contribution in [3.8, 4) is 0 Å². The summed E-state index contributed by atoms with van der Waals surface area (Å²) in [5.41, 5.74) is 3.83. The number of likely N-dealkylation sites (N-methyl/N-ethyl adjacent to an activating group) is 1. The zero-order valence-electron chi connectivity index (χ0n) is 15.8. The molecule has 0 saturated carbocycles. The summed E-state index contributed by atoms with van der Waals surface area (Å²) in [6.45, 7) is 12.3. The number of hydrogen-bond acceptors (Lipinski definition) is 3. The Bertz CT molecular complexity index is 658. The molecular formula is C22H30ClN3. The Hall–Kier alpha value is -1.55. The van der Waals surface area contributed by atoms with Crippen molar-refractivity contribution in [1.82, 2.24) is 15.1 Å². The summed E-state index contributed by atoms with van der Waals surface area (Å²) in [6, 6.07) is 9.37. The van der Waals surface area contributed by atoms with E-state index in [9.17, 15) is 0 Å². The van der Waals surface area contributed by atoms with Gasteiger partial charge in [-0.15, -0.1) is 0 Å². The lowest BCUT2D eigenvalue weighted by Gasteiger charge is -2.40. The van der Waals surface area contributed by atoms with Gasteiger partial charge in [0.15, 0.2) is 0 Å². The van der Waals surface area contributed by atoms with Gasteiger partial charge in [-0.25, -0.2) is 0 Å². The maximum atomic E-state index is 6.08. The van der Waals surface area contributed by atoms with Crippen LogP contribution in [-0.4, -0.2) is 55.1 Å². The van der Waals surface area contributed by atoms with Gasteiger partial charge in [-0.1, -0.05) is 43.0 Å². The predicted octanol–water partition coefficient (Wildman–Crippen LogP) is 3.88. The van der Waals surface area contributed by atoms with Gasteiger partial charge in [-0.3, -0.25) is 4.90 Å². The second-order valence-corrected chi connectivity index (χ2v) is 7.77. The first-order chi connectivity index (χ1) is 12.6. The van der Waals surface area contributed by atoms with Gasteiger partial charge >= 0.3 is 0 Å². The third-order valence-corrected chi connectivity index (χ3v) is 5.90. The average Bonchev–Trinajstić information content (AvgIpc) is 2.80. The summed E-state index contributed by atoms with van der Waals surface area (Å²) in [6.07, 6.45) is 7.41. The Morgan fingerprint density at radius 1 is 1.15 bits per heavy atom. The molecule has 3 nitrogen and oxygen atoms in total. The zero-order valence-corrected chi connectivity index (χ0v) is 16.5. The molecule has 3 rings (SSSR count). The maximum absolute atomic E-state index is 6.08. The van der Waals surface area contributed by atoms with Crippen molar-refractivity contribution in [1.29, 1.82) is 0 Å². The number of halogens is 1. The van der Waals surface area contributed by atoms with Crippen molar-refractivity contribution in [2.24, 2.45) is 0 Å². The highest BCUT2D eigenvalue weighted by atomic mass is 35.5. The van der Waals surface area contributed by atoms with E-state index < -0.39 is 0 Å². The van der Waals surface area contributed by atoms with E-state index in [2.05, 4.69) is 47.5 Å². The van der Waals surface area contributed by atoms with Crippen LogP contribution >= 0.6 is 11.6 Å². The molecule has 2 aliphatic heterocycles. The van der Waals surface area contributed by atoms with Crippen molar-refractivity contribution in [2.45, 2.75) is 31.3 Å². The molecule has 1 saturated heterocycles. The van der Waals surface area contributed by atoms with Crippen molar-refractivity contribution >= 4 is 11.6 Å². The van der Waals surface area contributed by atoms with Crippen LogP contribution in [0.3, 0.4) is 0 Å². The van der Waals surface area contributed by atoms with Gasteiger partial charge in [0.1, 0.15) is 0 Å². The molecule has 0 bridgehead atoms. The maximum Gasteiger partial charge on any atom is 0.0406 e. The molecule has 1 aromatic carbocycles. The quantitative estimate of drug-likeness (QED) is 0.847. The van der Waals surface area contributed by atoms with Gasteiger partial charge in [-0.2, -0.15) is 0 Å². The zero-order chi connectivity index (χ0) is 18.5. The van der Waals surface area contributed by atoms with Gasteiger partial charge < -0.3 is 10.2 Å². The summed E-state index contributed by atoms with van der Waals surface area (Å²) in [5.74, 6) is 0. The normalized spacial score (nSPS) is 23.0. The van der Waals surface area contributed by atoms with Gasteiger partial charge in [0.2, 0.25) is 0 Å². The van der Waals surface area contributed by atoms with Gasteiger partial charge in [0.25, 0.3) is 0 Å². The molecule has 2 aliphatic rings. The summed E-state index contributed by atoms with van der Waals surface area (Å²) in [4.78, 5) is 5.05. The van der Waals surface area contributed by atoms with Crippen LogP contribution in [0.2, 0.25) is 5.02 Å². The van der Waals surface area contributed by atoms with Crippen molar-refractivity contribution in [3.63, 3.8) is 0 Å². The van der Waals surface area contributed by atoms with Gasteiger partial charge in [0.05, 0.1) is 0 Å². The number of nitrogens with zero attached hydrogens (tertiary/aromatic N) is 2. The van der Waals surface area contributed by atoms with E-state index >= 15 is 0 Å². The Morgan fingerprint density at radius 3 is 2.46 bits per heavy atom. The van der Waals surface area contributed by atoms with Crippen LogP contribution in [0.4, 0.5) is 0 Å². The molecule has 1 atom stereocenters.